The maximum atomic E-state index is 12.1. The van der Waals surface area contributed by atoms with Gasteiger partial charge >= 0.3 is 5.97 Å². The van der Waals surface area contributed by atoms with Crippen LogP contribution in [0.2, 0.25) is 0 Å². The van der Waals surface area contributed by atoms with E-state index in [2.05, 4.69) is 9.46 Å². The van der Waals surface area contributed by atoms with E-state index in [9.17, 15) is 13.2 Å². The number of hydrogen-bond acceptors (Lipinski definition) is 5. The van der Waals surface area contributed by atoms with Crippen LogP contribution in [0.3, 0.4) is 0 Å². The standard InChI is InChI=1S/C13H26N2O5S/c1-20-13(17)12-6-9-15(10-7-12)21(18,19)14-8-4-2-3-5-11-16/h12,14,16H,2-11H2,1H3. The summed E-state index contributed by atoms with van der Waals surface area (Å²) in [7, 11) is -2.10. The first-order valence-corrected chi connectivity index (χ1v) is 8.88. The molecule has 8 heteroatoms. The van der Waals surface area contributed by atoms with Crippen molar-refractivity contribution in [1.82, 2.24) is 9.03 Å². The first kappa shape index (κ1) is 18.3. The molecule has 0 aliphatic carbocycles. The fourth-order valence-corrected chi connectivity index (χ4v) is 3.66. The topological polar surface area (TPSA) is 95.9 Å². The zero-order chi connectivity index (χ0) is 15.7. The van der Waals surface area contributed by atoms with Crippen LogP contribution >= 0.6 is 0 Å². The second kappa shape index (κ2) is 9.34. The summed E-state index contributed by atoms with van der Waals surface area (Å²) in [5.41, 5.74) is 0. The zero-order valence-corrected chi connectivity index (χ0v) is 13.4. The molecule has 1 saturated heterocycles. The predicted molar refractivity (Wildman–Crippen MR) is 78.8 cm³/mol. The van der Waals surface area contributed by atoms with Gasteiger partial charge in [-0.2, -0.15) is 12.7 Å². The molecule has 0 unspecified atom stereocenters. The van der Waals surface area contributed by atoms with Crippen LogP contribution in [0.4, 0.5) is 0 Å². The van der Waals surface area contributed by atoms with Gasteiger partial charge in [0.1, 0.15) is 0 Å². The van der Waals surface area contributed by atoms with E-state index >= 15 is 0 Å². The summed E-state index contributed by atoms with van der Waals surface area (Å²) in [5.74, 6) is -0.455. The molecule has 1 heterocycles. The highest BCUT2D eigenvalue weighted by molar-refractivity contribution is 7.87. The van der Waals surface area contributed by atoms with Crippen molar-refractivity contribution < 1.29 is 23.1 Å². The van der Waals surface area contributed by atoms with Gasteiger partial charge in [0, 0.05) is 26.2 Å². The van der Waals surface area contributed by atoms with Crippen LogP contribution < -0.4 is 4.72 Å². The Labute approximate surface area is 126 Å². The van der Waals surface area contributed by atoms with Gasteiger partial charge in [0.15, 0.2) is 0 Å². The Hall–Kier alpha value is -0.700. The molecular formula is C13H26N2O5S. The highest BCUT2D eigenvalue weighted by Crippen LogP contribution is 2.20. The molecule has 7 nitrogen and oxygen atoms in total. The van der Waals surface area contributed by atoms with Crippen LogP contribution in [-0.2, 0) is 19.7 Å². The van der Waals surface area contributed by atoms with Gasteiger partial charge in [-0.3, -0.25) is 4.79 Å². The van der Waals surface area contributed by atoms with E-state index < -0.39 is 10.2 Å². The molecule has 1 aliphatic rings. The average molecular weight is 322 g/mol. The molecule has 0 spiro atoms. The van der Waals surface area contributed by atoms with E-state index in [0.717, 1.165) is 25.7 Å². The minimum Gasteiger partial charge on any atom is -0.469 e. The Kier molecular flexibility index (Phi) is 8.16. The monoisotopic (exact) mass is 322 g/mol. The van der Waals surface area contributed by atoms with Crippen molar-refractivity contribution in [2.24, 2.45) is 5.92 Å². The van der Waals surface area contributed by atoms with Crippen LogP contribution in [0, 0.1) is 5.92 Å². The van der Waals surface area contributed by atoms with Crippen LogP contribution in [-0.4, -0.2) is 57.1 Å². The number of carbonyl (C=O) groups excluding carboxylic acids is 1. The van der Waals surface area contributed by atoms with E-state index in [1.807, 2.05) is 0 Å². The van der Waals surface area contributed by atoms with Crippen molar-refractivity contribution in [3.63, 3.8) is 0 Å². The largest absolute Gasteiger partial charge is 0.469 e. The van der Waals surface area contributed by atoms with Crippen molar-refractivity contribution in [1.29, 1.82) is 0 Å². The number of esters is 1. The van der Waals surface area contributed by atoms with Crippen LogP contribution in [0.25, 0.3) is 0 Å². The fraction of sp³-hybridized carbons (Fsp3) is 0.923. The number of rotatable bonds is 9. The van der Waals surface area contributed by atoms with E-state index in [0.29, 0.717) is 32.5 Å². The Morgan fingerprint density at radius 3 is 2.43 bits per heavy atom. The van der Waals surface area contributed by atoms with Gasteiger partial charge in [-0.05, 0) is 25.7 Å². The van der Waals surface area contributed by atoms with Gasteiger partial charge in [-0.15, -0.1) is 0 Å². The number of hydrogen-bond donors (Lipinski definition) is 2. The SMILES string of the molecule is COC(=O)C1CCN(S(=O)(=O)NCCCCCCO)CC1. The molecular weight excluding hydrogens is 296 g/mol. The second-order valence-electron chi connectivity index (χ2n) is 5.23. The smallest absolute Gasteiger partial charge is 0.308 e. The van der Waals surface area contributed by atoms with Crippen LogP contribution in [0.1, 0.15) is 38.5 Å². The Morgan fingerprint density at radius 1 is 1.24 bits per heavy atom. The summed E-state index contributed by atoms with van der Waals surface area (Å²) in [6, 6.07) is 0. The molecule has 2 N–H and O–H groups in total. The summed E-state index contributed by atoms with van der Waals surface area (Å²) in [6.45, 7) is 1.28. The van der Waals surface area contributed by atoms with Crippen LogP contribution in [0.5, 0.6) is 0 Å². The Morgan fingerprint density at radius 2 is 1.86 bits per heavy atom. The lowest BCUT2D eigenvalue weighted by Crippen LogP contribution is -2.46. The molecule has 21 heavy (non-hydrogen) atoms. The lowest BCUT2D eigenvalue weighted by Gasteiger charge is -2.29. The van der Waals surface area contributed by atoms with Gasteiger partial charge in [0.25, 0.3) is 10.2 Å². The number of methoxy groups -OCH3 is 1. The third-order valence-corrected chi connectivity index (χ3v) is 5.31. The van der Waals surface area contributed by atoms with Gasteiger partial charge in [-0.25, -0.2) is 4.72 Å². The molecule has 0 saturated carbocycles. The fourth-order valence-electron chi connectivity index (χ4n) is 2.38. The number of ether oxygens (including phenoxy) is 1. The summed E-state index contributed by atoms with van der Waals surface area (Å²) in [5, 5.41) is 8.65. The van der Waals surface area contributed by atoms with Gasteiger partial charge in [0.2, 0.25) is 0 Å². The molecule has 0 radical (unpaired) electrons. The maximum Gasteiger partial charge on any atom is 0.308 e. The predicted octanol–water partition coefficient (Wildman–Crippen LogP) is 0.259. The third-order valence-electron chi connectivity index (χ3n) is 3.70. The van der Waals surface area contributed by atoms with Gasteiger partial charge in [-0.1, -0.05) is 12.8 Å². The second-order valence-corrected chi connectivity index (χ2v) is 6.99. The first-order chi connectivity index (χ1) is 10.0. The number of aliphatic hydroxyl groups excluding tert-OH is 1. The number of nitrogens with one attached hydrogen (secondary N) is 1. The van der Waals surface area contributed by atoms with E-state index in [1.54, 1.807) is 0 Å². The number of unbranched alkanes of at least 4 members (excludes halogenated alkanes) is 3. The van der Waals surface area contributed by atoms with Gasteiger partial charge < -0.3 is 9.84 Å². The number of nitrogens with zero attached hydrogens (tertiary/aromatic N) is 1. The minimum absolute atomic E-state index is 0.181. The summed E-state index contributed by atoms with van der Waals surface area (Å²) in [4.78, 5) is 11.4. The normalized spacial score (nSPS) is 17.8. The molecule has 0 aromatic rings. The molecule has 0 aromatic heterocycles. The van der Waals surface area contributed by atoms with Crippen molar-refractivity contribution in [3.8, 4) is 0 Å². The van der Waals surface area contributed by atoms with E-state index in [1.165, 1.54) is 11.4 Å². The highest BCUT2D eigenvalue weighted by atomic mass is 32.2. The van der Waals surface area contributed by atoms with Gasteiger partial charge in [0.05, 0.1) is 13.0 Å². The molecule has 0 bridgehead atoms. The van der Waals surface area contributed by atoms with E-state index in [-0.39, 0.29) is 18.5 Å². The molecule has 0 aromatic carbocycles. The molecule has 124 valence electrons. The number of carbonyl (C=O) groups is 1. The Balaban J connectivity index is 2.28. The first-order valence-electron chi connectivity index (χ1n) is 7.44. The van der Waals surface area contributed by atoms with Crippen LogP contribution in [0.15, 0.2) is 0 Å². The van der Waals surface area contributed by atoms with Crippen molar-refractivity contribution >= 4 is 16.2 Å². The van der Waals surface area contributed by atoms with Crippen molar-refractivity contribution in [2.45, 2.75) is 38.5 Å². The maximum absolute atomic E-state index is 12.1. The molecule has 1 fully saturated rings. The number of aliphatic hydroxyl groups is 1. The third kappa shape index (κ3) is 6.29. The highest BCUT2D eigenvalue weighted by Gasteiger charge is 2.31. The van der Waals surface area contributed by atoms with Crippen molar-refractivity contribution in [2.75, 3.05) is 33.4 Å². The summed E-state index contributed by atoms with van der Waals surface area (Å²) < 4.78 is 32.8. The minimum atomic E-state index is -3.45. The summed E-state index contributed by atoms with van der Waals surface area (Å²) >= 11 is 0. The molecule has 1 rings (SSSR count). The average Bonchev–Trinajstić information content (AvgIpc) is 2.50. The van der Waals surface area contributed by atoms with E-state index in [4.69, 9.17) is 5.11 Å². The lowest BCUT2D eigenvalue weighted by molar-refractivity contribution is -0.146. The zero-order valence-electron chi connectivity index (χ0n) is 12.6. The van der Waals surface area contributed by atoms with Crippen molar-refractivity contribution in [3.05, 3.63) is 0 Å². The number of piperidine rings is 1. The quantitative estimate of drug-likeness (QED) is 0.469. The summed E-state index contributed by atoms with van der Waals surface area (Å²) in [6.07, 6.45) is 4.33. The molecule has 1 aliphatic heterocycles. The molecule has 0 amide bonds. The Bertz CT molecular complexity index is 405. The lowest BCUT2D eigenvalue weighted by atomic mass is 9.99. The molecule has 0 atom stereocenters.